The predicted molar refractivity (Wildman–Crippen MR) is 73.2 cm³/mol. The smallest absolute Gasteiger partial charge is 0.211 e. The van der Waals surface area contributed by atoms with Crippen LogP contribution in [0, 0.1) is 0 Å². The molecule has 1 aromatic rings. The number of sulfonamides is 1. The van der Waals surface area contributed by atoms with Gasteiger partial charge in [-0.05, 0) is 48.9 Å². The van der Waals surface area contributed by atoms with E-state index in [1.54, 1.807) is 6.07 Å². The van der Waals surface area contributed by atoms with E-state index in [4.69, 9.17) is 0 Å². The first-order chi connectivity index (χ1) is 8.63. The van der Waals surface area contributed by atoms with Gasteiger partial charge in [0.15, 0.2) is 0 Å². The molecule has 0 aliphatic heterocycles. The summed E-state index contributed by atoms with van der Waals surface area (Å²) >= 11 is 0. The molecule has 2 rings (SSSR count). The fourth-order valence-electron chi connectivity index (χ4n) is 2.38. The van der Waals surface area contributed by atoms with E-state index in [9.17, 15) is 8.42 Å². The Morgan fingerprint density at radius 3 is 2.72 bits per heavy atom. The number of nitrogens with one attached hydrogen (secondary N) is 1. The summed E-state index contributed by atoms with van der Waals surface area (Å²) in [4.78, 5) is 0.416. The van der Waals surface area contributed by atoms with Gasteiger partial charge in [0, 0.05) is 6.54 Å². The second-order valence-electron chi connectivity index (χ2n) is 4.89. The zero-order valence-corrected chi connectivity index (χ0v) is 11.7. The normalized spacial score (nSPS) is 14.7. The van der Waals surface area contributed by atoms with Crippen LogP contribution in [0.1, 0.15) is 43.7 Å². The topological polar surface area (TPSA) is 46.2 Å². The van der Waals surface area contributed by atoms with Crippen LogP contribution in [0.3, 0.4) is 0 Å². The van der Waals surface area contributed by atoms with Gasteiger partial charge >= 0.3 is 0 Å². The molecule has 1 aliphatic rings. The average Bonchev–Trinajstić information content (AvgIpc) is 2.82. The summed E-state index contributed by atoms with van der Waals surface area (Å²) in [6.07, 6.45) is 6.30. The molecule has 0 saturated carbocycles. The van der Waals surface area contributed by atoms with Gasteiger partial charge in [0.05, 0.1) is 4.90 Å². The van der Waals surface area contributed by atoms with Gasteiger partial charge < -0.3 is 0 Å². The Balaban J connectivity index is 2.05. The van der Waals surface area contributed by atoms with Crippen molar-refractivity contribution in [1.82, 2.24) is 4.72 Å². The molecule has 1 N–H and O–H groups in total. The van der Waals surface area contributed by atoms with E-state index in [2.05, 4.69) is 11.6 Å². The zero-order chi connectivity index (χ0) is 13.0. The lowest BCUT2D eigenvalue weighted by atomic mass is 10.1. The second-order valence-corrected chi connectivity index (χ2v) is 6.66. The third-order valence-electron chi connectivity index (χ3n) is 3.45. The van der Waals surface area contributed by atoms with E-state index < -0.39 is 10.0 Å². The predicted octanol–water partition coefficient (Wildman–Crippen LogP) is 2.64. The average molecular weight is 267 g/mol. The first-order valence-corrected chi connectivity index (χ1v) is 8.23. The molecule has 0 spiro atoms. The van der Waals surface area contributed by atoms with Crippen molar-refractivity contribution in [2.24, 2.45) is 0 Å². The Bertz CT molecular complexity index is 509. The van der Waals surface area contributed by atoms with Gasteiger partial charge in [0.2, 0.25) is 10.0 Å². The lowest BCUT2D eigenvalue weighted by molar-refractivity contribution is 0.576. The van der Waals surface area contributed by atoms with Crippen LogP contribution in [0.25, 0.3) is 0 Å². The van der Waals surface area contributed by atoms with Gasteiger partial charge in [-0.3, -0.25) is 0 Å². The van der Waals surface area contributed by atoms with Crippen LogP contribution in [0.4, 0.5) is 0 Å². The van der Waals surface area contributed by atoms with Crippen molar-refractivity contribution in [3.8, 4) is 0 Å². The molecule has 0 radical (unpaired) electrons. The molecule has 18 heavy (non-hydrogen) atoms. The van der Waals surface area contributed by atoms with Crippen LogP contribution < -0.4 is 4.72 Å². The molecule has 1 aromatic carbocycles. The van der Waals surface area contributed by atoms with Crippen molar-refractivity contribution in [2.75, 3.05) is 6.54 Å². The molecule has 0 bridgehead atoms. The second kappa shape index (κ2) is 5.85. The van der Waals surface area contributed by atoms with Crippen LogP contribution in [0.2, 0.25) is 0 Å². The Morgan fingerprint density at radius 1 is 1.17 bits per heavy atom. The van der Waals surface area contributed by atoms with Crippen molar-refractivity contribution in [3.05, 3.63) is 29.3 Å². The number of hydrogen-bond acceptors (Lipinski definition) is 2. The maximum Gasteiger partial charge on any atom is 0.240 e. The highest BCUT2D eigenvalue weighted by Crippen LogP contribution is 2.24. The molecule has 0 fully saturated rings. The molecule has 1 aliphatic carbocycles. The molecule has 0 aromatic heterocycles. The van der Waals surface area contributed by atoms with Gasteiger partial charge in [0.1, 0.15) is 0 Å². The molecule has 0 amide bonds. The highest BCUT2D eigenvalue weighted by atomic mass is 32.2. The van der Waals surface area contributed by atoms with Gasteiger partial charge in [-0.25, -0.2) is 13.1 Å². The minimum absolute atomic E-state index is 0.416. The summed E-state index contributed by atoms with van der Waals surface area (Å²) in [5, 5.41) is 0. The quantitative estimate of drug-likeness (QED) is 0.805. The van der Waals surface area contributed by atoms with E-state index in [1.807, 2.05) is 12.1 Å². The monoisotopic (exact) mass is 267 g/mol. The maximum absolute atomic E-state index is 12.1. The molecule has 100 valence electrons. The zero-order valence-electron chi connectivity index (χ0n) is 10.9. The minimum atomic E-state index is -3.31. The fraction of sp³-hybridized carbons (Fsp3) is 0.571. The molecule has 3 nitrogen and oxygen atoms in total. The van der Waals surface area contributed by atoms with Crippen molar-refractivity contribution < 1.29 is 8.42 Å². The number of rotatable bonds is 6. The summed E-state index contributed by atoms with van der Waals surface area (Å²) < 4.78 is 26.8. The molecule has 0 saturated heterocycles. The Hall–Kier alpha value is -0.870. The third kappa shape index (κ3) is 3.12. The number of hydrogen-bond donors (Lipinski definition) is 1. The van der Waals surface area contributed by atoms with E-state index in [1.165, 1.54) is 11.1 Å². The maximum atomic E-state index is 12.1. The molecular weight excluding hydrogens is 246 g/mol. The van der Waals surface area contributed by atoms with Gasteiger partial charge in [-0.15, -0.1) is 0 Å². The Kier molecular flexibility index (Phi) is 4.40. The van der Waals surface area contributed by atoms with Crippen molar-refractivity contribution in [2.45, 2.75) is 50.3 Å². The van der Waals surface area contributed by atoms with Crippen molar-refractivity contribution in [3.63, 3.8) is 0 Å². The summed E-state index contributed by atoms with van der Waals surface area (Å²) in [6.45, 7) is 2.64. The number of unbranched alkanes of at least 4 members (excludes halogenated alkanes) is 2. The van der Waals surface area contributed by atoms with Crippen LogP contribution in [0.15, 0.2) is 23.1 Å². The van der Waals surface area contributed by atoms with E-state index in [0.29, 0.717) is 11.4 Å². The highest BCUT2D eigenvalue weighted by Gasteiger charge is 2.17. The Morgan fingerprint density at radius 2 is 1.94 bits per heavy atom. The SMILES string of the molecule is CCCCCNS(=O)(=O)c1ccc2c(c1)CCC2. The summed E-state index contributed by atoms with van der Waals surface area (Å²) in [6, 6.07) is 5.53. The lowest BCUT2D eigenvalue weighted by Gasteiger charge is -2.08. The largest absolute Gasteiger partial charge is 0.240 e. The third-order valence-corrected chi connectivity index (χ3v) is 4.91. The van der Waals surface area contributed by atoms with Crippen LogP contribution in [0.5, 0.6) is 0 Å². The van der Waals surface area contributed by atoms with Crippen molar-refractivity contribution >= 4 is 10.0 Å². The molecule has 4 heteroatoms. The van der Waals surface area contributed by atoms with Gasteiger partial charge in [-0.1, -0.05) is 25.8 Å². The van der Waals surface area contributed by atoms with E-state index in [0.717, 1.165) is 38.5 Å². The lowest BCUT2D eigenvalue weighted by Crippen LogP contribution is -2.24. The minimum Gasteiger partial charge on any atom is -0.211 e. The standard InChI is InChI=1S/C14H21NO2S/c1-2-3-4-10-15-18(16,17)14-9-8-12-6-5-7-13(12)11-14/h8-9,11,15H,2-7,10H2,1H3. The Labute approximate surface area is 110 Å². The van der Waals surface area contributed by atoms with E-state index >= 15 is 0 Å². The van der Waals surface area contributed by atoms with Crippen LogP contribution >= 0.6 is 0 Å². The first kappa shape index (κ1) is 13.6. The number of aryl methyl sites for hydroxylation is 2. The highest BCUT2D eigenvalue weighted by molar-refractivity contribution is 7.89. The summed E-state index contributed by atoms with van der Waals surface area (Å²) in [5.74, 6) is 0. The van der Waals surface area contributed by atoms with Crippen molar-refractivity contribution in [1.29, 1.82) is 0 Å². The van der Waals surface area contributed by atoms with Crippen LogP contribution in [-0.4, -0.2) is 15.0 Å². The van der Waals surface area contributed by atoms with Gasteiger partial charge in [0.25, 0.3) is 0 Å². The molecular formula is C14H21NO2S. The fourth-order valence-corrected chi connectivity index (χ4v) is 3.50. The first-order valence-electron chi connectivity index (χ1n) is 6.75. The summed E-state index contributed by atoms with van der Waals surface area (Å²) in [5.41, 5.74) is 2.51. The van der Waals surface area contributed by atoms with Gasteiger partial charge in [-0.2, -0.15) is 0 Å². The number of fused-ring (bicyclic) bond motifs is 1. The van der Waals surface area contributed by atoms with E-state index in [-0.39, 0.29) is 0 Å². The molecule has 0 atom stereocenters. The number of benzene rings is 1. The molecule has 0 unspecified atom stereocenters. The van der Waals surface area contributed by atoms with Crippen LogP contribution in [-0.2, 0) is 22.9 Å². The summed E-state index contributed by atoms with van der Waals surface area (Å²) in [7, 11) is -3.31. The molecule has 0 heterocycles.